The third-order valence-corrected chi connectivity index (χ3v) is 2.95. The summed E-state index contributed by atoms with van der Waals surface area (Å²) < 4.78 is 0. The highest BCUT2D eigenvalue weighted by molar-refractivity contribution is 5.77. The quantitative estimate of drug-likeness (QED) is 0.532. The van der Waals surface area contributed by atoms with Crippen LogP contribution in [-0.4, -0.2) is 52.5 Å². The first-order valence-corrected chi connectivity index (χ1v) is 6.66. The standard InChI is InChI=1S/C9H11NO3.C5H9NO2/c11-6-8(9(12)13)10-7-4-2-1-3-5-7;7-5(8)4-2-1-3-6-4/h1-5,8,10-11H,6H2,(H,12,13);4,6H,1-3H2,(H,7,8). The Balaban J connectivity index is 0.000000235. The van der Waals surface area contributed by atoms with Gasteiger partial charge < -0.3 is 26.0 Å². The normalized spacial score (nSPS) is 18.2. The lowest BCUT2D eigenvalue weighted by Crippen LogP contribution is -2.32. The molecule has 0 aromatic heterocycles. The van der Waals surface area contributed by atoms with Gasteiger partial charge in [-0.1, -0.05) is 18.2 Å². The van der Waals surface area contributed by atoms with E-state index in [4.69, 9.17) is 15.3 Å². The number of hydrogen-bond donors (Lipinski definition) is 5. The monoisotopic (exact) mass is 296 g/mol. The van der Waals surface area contributed by atoms with E-state index >= 15 is 0 Å². The number of hydrogen-bond acceptors (Lipinski definition) is 5. The van der Waals surface area contributed by atoms with Gasteiger partial charge in [-0.15, -0.1) is 0 Å². The molecule has 116 valence electrons. The van der Waals surface area contributed by atoms with Crippen LogP contribution in [0.1, 0.15) is 12.8 Å². The lowest BCUT2D eigenvalue weighted by molar-refractivity contribution is -0.139. The fourth-order valence-electron chi connectivity index (χ4n) is 1.82. The largest absolute Gasteiger partial charge is 0.480 e. The summed E-state index contributed by atoms with van der Waals surface area (Å²) in [4.78, 5) is 20.7. The van der Waals surface area contributed by atoms with Crippen LogP contribution < -0.4 is 10.6 Å². The maximum Gasteiger partial charge on any atom is 0.328 e. The Hall–Kier alpha value is -2.12. The number of anilines is 1. The lowest BCUT2D eigenvalue weighted by Gasteiger charge is -2.12. The van der Waals surface area contributed by atoms with Gasteiger partial charge in [-0.2, -0.15) is 0 Å². The maximum atomic E-state index is 10.5. The third kappa shape index (κ3) is 6.24. The average molecular weight is 296 g/mol. The van der Waals surface area contributed by atoms with Gasteiger partial charge in [0.15, 0.2) is 0 Å². The summed E-state index contributed by atoms with van der Waals surface area (Å²) in [6, 6.07) is 7.69. The lowest BCUT2D eigenvalue weighted by atomic mass is 10.2. The van der Waals surface area contributed by atoms with Crippen LogP contribution in [0.3, 0.4) is 0 Å². The van der Waals surface area contributed by atoms with Crippen molar-refractivity contribution in [2.45, 2.75) is 24.9 Å². The Morgan fingerprint density at radius 1 is 1.29 bits per heavy atom. The molecular formula is C14H20N2O5. The summed E-state index contributed by atoms with van der Waals surface area (Å²) in [5, 5.41) is 31.2. The highest BCUT2D eigenvalue weighted by Gasteiger charge is 2.20. The van der Waals surface area contributed by atoms with E-state index in [1.54, 1.807) is 24.3 Å². The van der Waals surface area contributed by atoms with Crippen LogP contribution in [0.2, 0.25) is 0 Å². The topological polar surface area (TPSA) is 119 Å². The number of aliphatic carboxylic acids is 2. The molecule has 0 amide bonds. The molecule has 0 aliphatic carbocycles. The van der Waals surface area contributed by atoms with Crippen molar-refractivity contribution in [1.29, 1.82) is 0 Å². The first kappa shape index (κ1) is 16.9. The molecule has 1 aromatic rings. The minimum Gasteiger partial charge on any atom is -0.480 e. The number of carboxylic acids is 2. The van der Waals surface area contributed by atoms with Gasteiger partial charge in [-0.3, -0.25) is 4.79 Å². The van der Waals surface area contributed by atoms with E-state index in [2.05, 4.69) is 10.6 Å². The van der Waals surface area contributed by atoms with Crippen LogP contribution in [0.4, 0.5) is 5.69 Å². The van der Waals surface area contributed by atoms with Gasteiger partial charge >= 0.3 is 11.9 Å². The van der Waals surface area contributed by atoms with Gasteiger partial charge in [-0.25, -0.2) is 4.79 Å². The van der Waals surface area contributed by atoms with Crippen molar-refractivity contribution >= 4 is 17.6 Å². The summed E-state index contributed by atoms with van der Waals surface area (Å²) in [7, 11) is 0. The molecule has 1 aromatic carbocycles. The Morgan fingerprint density at radius 2 is 1.95 bits per heavy atom. The van der Waals surface area contributed by atoms with Gasteiger partial charge in [0, 0.05) is 5.69 Å². The number of benzene rings is 1. The first-order valence-electron chi connectivity index (χ1n) is 6.66. The zero-order valence-corrected chi connectivity index (χ0v) is 11.5. The predicted octanol–water partition coefficient (Wildman–Crippen LogP) is 0.367. The molecular weight excluding hydrogens is 276 g/mol. The molecule has 7 nitrogen and oxygen atoms in total. The van der Waals surface area contributed by atoms with Crippen molar-refractivity contribution in [3.8, 4) is 0 Å². The molecule has 0 radical (unpaired) electrons. The zero-order chi connectivity index (χ0) is 15.7. The van der Waals surface area contributed by atoms with E-state index in [9.17, 15) is 9.59 Å². The molecule has 7 heteroatoms. The Bertz CT molecular complexity index is 446. The summed E-state index contributed by atoms with van der Waals surface area (Å²) in [6.45, 7) is 0.432. The van der Waals surface area contributed by atoms with E-state index in [0.29, 0.717) is 5.69 Å². The zero-order valence-electron chi connectivity index (χ0n) is 11.5. The molecule has 0 saturated carbocycles. The van der Waals surface area contributed by atoms with Crippen LogP contribution in [0.15, 0.2) is 30.3 Å². The van der Waals surface area contributed by atoms with Gasteiger partial charge in [0.2, 0.25) is 0 Å². The second-order valence-electron chi connectivity index (χ2n) is 4.57. The van der Waals surface area contributed by atoms with E-state index in [0.717, 1.165) is 19.4 Å². The summed E-state index contributed by atoms with van der Waals surface area (Å²) >= 11 is 0. The number of carboxylic acid groups (broad SMARTS) is 2. The molecule has 2 atom stereocenters. The van der Waals surface area contributed by atoms with E-state index in [-0.39, 0.29) is 6.04 Å². The van der Waals surface area contributed by atoms with Crippen LogP contribution >= 0.6 is 0 Å². The number of rotatable bonds is 5. The molecule has 5 N–H and O–H groups in total. The molecule has 1 aliphatic heterocycles. The highest BCUT2D eigenvalue weighted by atomic mass is 16.4. The molecule has 0 bridgehead atoms. The van der Waals surface area contributed by atoms with Crippen molar-refractivity contribution < 1.29 is 24.9 Å². The summed E-state index contributed by atoms with van der Waals surface area (Å²) in [6.07, 6.45) is 1.78. The summed E-state index contributed by atoms with van der Waals surface area (Å²) in [5.41, 5.74) is 0.684. The number of para-hydroxylation sites is 1. The van der Waals surface area contributed by atoms with Crippen molar-refractivity contribution in [1.82, 2.24) is 5.32 Å². The van der Waals surface area contributed by atoms with E-state index in [1.165, 1.54) is 0 Å². The average Bonchev–Trinajstić information content (AvgIpc) is 3.00. The molecule has 21 heavy (non-hydrogen) atoms. The smallest absolute Gasteiger partial charge is 0.328 e. The Kier molecular flexibility index (Phi) is 7.20. The second kappa shape index (κ2) is 8.93. The number of aliphatic hydroxyl groups is 1. The molecule has 1 fully saturated rings. The maximum absolute atomic E-state index is 10.5. The number of aliphatic hydroxyl groups excluding tert-OH is 1. The molecule has 2 unspecified atom stereocenters. The first-order chi connectivity index (χ1) is 10.0. The number of carbonyl (C=O) groups is 2. The second-order valence-corrected chi connectivity index (χ2v) is 4.57. The van der Waals surface area contributed by atoms with Crippen LogP contribution in [0, 0.1) is 0 Å². The van der Waals surface area contributed by atoms with Crippen molar-refractivity contribution in [2.75, 3.05) is 18.5 Å². The molecule has 0 spiro atoms. The van der Waals surface area contributed by atoms with Gasteiger partial charge in [-0.05, 0) is 31.5 Å². The van der Waals surface area contributed by atoms with Crippen molar-refractivity contribution in [2.24, 2.45) is 0 Å². The SMILES string of the molecule is O=C(O)C(CO)Nc1ccccc1.O=C(O)C1CCCN1. The summed E-state index contributed by atoms with van der Waals surface area (Å²) in [5.74, 6) is -1.78. The number of nitrogens with one attached hydrogen (secondary N) is 2. The van der Waals surface area contributed by atoms with Crippen LogP contribution in [0.5, 0.6) is 0 Å². The fraction of sp³-hybridized carbons (Fsp3) is 0.429. The van der Waals surface area contributed by atoms with Crippen LogP contribution in [-0.2, 0) is 9.59 Å². The predicted molar refractivity (Wildman–Crippen MR) is 77.2 cm³/mol. The Morgan fingerprint density at radius 3 is 2.33 bits per heavy atom. The fourth-order valence-corrected chi connectivity index (χ4v) is 1.82. The third-order valence-electron chi connectivity index (χ3n) is 2.95. The van der Waals surface area contributed by atoms with Crippen molar-refractivity contribution in [3.05, 3.63) is 30.3 Å². The minimum absolute atomic E-state index is 0.269. The van der Waals surface area contributed by atoms with Gasteiger partial charge in [0.05, 0.1) is 6.61 Å². The van der Waals surface area contributed by atoms with Gasteiger partial charge in [0.25, 0.3) is 0 Å². The van der Waals surface area contributed by atoms with Crippen LogP contribution in [0.25, 0.3) is 0 Å². The van der Waals surface area contributed by atoms with E-state index in [1.807, 2.05) is 6.07 Å². The molecule has 2 rings (SSSR count). The van der Waals surface area contributed by atoms with E-state index < -0.39 is 24.6 Å². The molecule has 1 saturated heterocycles. The highest BCUT2D eigenvalue weighted by Crippen LogP contribution is 2.06. The minimum atomic E-state index is -1.06. The molecule has 1 aliphatic rings. The Labute approximate surface area is 122 Å². The van der Waals surface area contributed by atoms with Gasteiger partial charge in [0.1, 0.15) is 12.1 Å². The molecule has 1 heterocycles. The van der Waals surface area contributed by atoms with Crippen molar-refractivity contribution in [3.63, 3.8) is 0 Å².